The van der Waals surface area contributed by atoms with Gasteiger partial charge in [-0.15, -0.1) is 0 Å². The van der Waals surface area contributed by atoms with Gasteiger partial charge in [-0.2, -0.15) is 0 Å². The van der Waals surface area contributed by atoms with E-state index < -0.39 is 10.0 Å². The minimum atomic E-state index is -3.44. The van der Waals surface area contributed by atoms with E-state index in [1.807, 2.05) is 48.6 Å². The molecule has 0 saturated heterocycles. The van der Waals surface area contributed by atoms with Crippen LogP contribution in [0.2, 0.25) is 0 Å². The highest BCUT2D eigenvalue weighted by Gasteiger charge is 2.23. The summed E-state index contributed by atoms with van der Waals surface area (Å²) < 4.78 is 33.9. The predicted octanol–water partition coefficient (Wildman–Crippen LogP) is 4.63. The Labute approximate surface area is 171 Å². The van der Waals surface area contributed by atoms with E-state index in [-0.39, 0.29) is 0 Å². The maximum absolute atomic E-state index is 12.2. The van der Waals surface area contributed by atoms with Crippen LogP contribution in [-0.2, 0) is 16.6 Å². The lowest BCUT2D eigenvalue weighted by atomic mass is 10.1. The summed E-state index contributed by atoms with van der Waals surface area (Å²) in [4.78, 5) is 0. The molecular formula is C23H24N2O3S. The first-order chi connectivity index (χ1) is 13.9. The Morgan fingerprint density at radius 2 is 1.76 bits per heavy atom. The molecule has 0 amide bonds. The zero-order valence-corrected chi connectivity index (χ0v) is 17.4. The van der Waals surface area contributed by atoms with Gasteiger partial charge in [-0.3, -0.25) is 0 Å². The fraction of sp³-hybridized carbons (Fsp3) is 0.217. The van der Waals surface area contributed by atoms with E-state index in [1.54, 1.807) is 0 Å². The van der Waals surface area contributed by atoms with Crippen LogP contribution in [-0.4, -0.2) is 30.6 Å². The number of nitrogens with zero attached hydrogens (tertiary/aromatic N) is 2. The first kappa shape index (κ1) is 19.3. The molecule has 0 N–H and O–H groups in total. The molecule has 1 aliphatic heterocycles. The maximum atomic E-state index is 12.2. The second-order valence-electron chi connectivity index (χ2n) is 7.21. The largest absolute Gasteiger partial charge is 0.439 e. The average Bonchev–Trinajstić information content (AvgIpc) is 3.02. The van der Waals surface area contributed by atoms with Gasteiger partial charge in [0.25, 0.3) is 0 Å². The van der Waals surface area contributed by atoms with Gasteiger partial charge in [-0.25, -0.2) is 12.7 Å². The van der Waals surface area contributed by atoms with Crippen molar-refractivity contribution >= 4 is 27.0 Å². The van der Waals surface area contributed by atoms with E-state index in [2.05, 4.69) is 29.0 Å². The summed E-state index contributed by atoms with van der Waals surface area (Å²) >= 11 is 0. The quantitative estimate of drug-likeness (QED) is 0.598. The van der Waals surface area contributed by atoms with Crippen LogP contribution >= 0.6 is 0 Å². The fourth-order valence-electron chi connectivity index (χ4n) is 3.53. The standard InChI is InChI=1S/C23H24N2O3S/c1-24(29(2,26)27)23-20(14-13-19-9-4-6-12-22(19)28-23)10-7-16-25-17-15-18-8-3-5-11-21(18)25/h3-6,8-9,11-15,17H,7,10,16H2,1-2H3. The van der Waals surface area contributed by atoms with Crippen molar-refractivity contribution in [2.75, 3.05) is 13.3 Å². The number of aryl methyl sites for hydroxylation is 1. The number of allylic oxidation sites excluding steroid dienone is 2. The van der Waals surface area contributed by atoms with Crippen LogP contribution in [0.1, 0.15) is 18.4 Å². The Hall–Kier alpha value is -2.99. The molecule has 6 heteroatoms. The van der Waals surface area contributed by atoms with Crippen molar-refractivity contribution in [1.29, 1.82) is 0 Å². The topological polar surface area (TPSA) is 51.5 Å². The highest BCUT2D eigenvalue weighted by Crippen LogP contribution is 2.30. The van der Waals surface area contributed by atoms with Gasteiger partial charge in [0, 0.05) is 36.4 Å². The average molecular weight is 409 g/mol. The molecule has 0 aliphatic carbocycles. The number of benzene rings is 2. The van der Waals surface area contributed by atoms with Gasteiger partial charge in [-0.05, 0) is 36.4 Å². The number of aromatic nitrogens is 1. The smallest absolute Gasteiger partial charge is 0.234 e. The Morgan fingerprint density at radius 3 is 2.59 bits per heavy atom. The van der Waals surface area contributed by atoms with Crippen molar-refractivity contribution in [3.63, 3.8) is 0 Å². The van der Waals surface area contributed by atoms with E-state index in [9.17, 15) is 8.42 Å². The molecule has 0 bridgehead atoms. The molecule has 0 radical (unpaired) electrons. The summed E-state index contributed by atoms with van der Waals surface area (Å²) in [6, 6.07) is 18.0. The Bertz CT molecular complexity index is 1210. The molecule has 2 aromatic carbocycles. The van der Waals surface area contributed by atoms with E-state index in [0.29, 0.717) is 18.1 Å². The fourth-order valence-corrected chi connectivity index (χ4v) is 3.98. The molecule has 0 unspecified atom stereocenters. The van der Waals surface area contributed by atoms with Crippen LogP contribution in [0.25, 0.3) is 17.0 Å². The monoisotopic (exact) mass is 408 g/mol. The minimum absolute atomic E-state index is 0.367. The zero-order valence-electron chi connectivity index (χ0n) is 16.6. The summed E-state index contributed by atoms with van der Waals surface area (Å²) in [7, 11) is -1.91. The predicted molar refractivity (Wildman–Crippen MR) is 117 cm³/mol. The number of hydrogen-bond acceptors (Lipinski definition) is 3. The molecule has 0 spiro atoms. The van der Waals surface area contributed by atoms with E-state index in [0.717, 1.165) is 24.1 Å². The number of ether oxygens (including phenoxy) is 1. The molecule has 0 atom stereocenters. The Morgan fingerprint density at radius 1 is 1.00 bits per heavy atom. The van der Waals surface area contributed by atoms with Crippen molar-refractivity contribution < 1.29 is 13.2 Å². The van der Waals surface area contributed by atoms with E-state index in [4.69, 9.17) is 4.74 Å². The van der Waals surface area contributed by atoms with Gasteiger partial charge in [0.05, 0.1) is 6.26 Å². The van der Waals surface area contributed by atoms with Crippen LogP contribution in [0.5, 0.6) is 5.75 Å². The highest BCUT2D eigenvalue weighted by atomic mass is 32.2. The molecule has 0 fully saturated rings. The molecule has 29 heavy (non-hydrogen) atoms. The molecule has 4 rings (SSSR count). The molecule has 1 aliphatic rings. The Balaban J connectivity index is 1.60. The maximum Gasteiger partial charge on any atom is 0.234 e. The first-order valence-electron chi connectivity index (χ1n) is 9.59. The summed E-state index contributed by atoms with van der Waals surface area (Å²) in [6.07, 6.45) is 8.80. The van der Waals surface area contributed by atoms with Crippen LogP contribution in [0.15, 0.2) is 78.3 Å². The molecule has 1 aromatic heterocycles. The summed E-state index contributed by atoms with van der Waals surface area (Å²) in [5, 5.41) is 1.22. The molecule has 150 valence electrons. The van der Waals surface area contributed by atoms with Crippen LogP contribution in [0.3, 0.4) is 0 Å². The van der Waals surface area contributed by atoms with Crippen molar-refractivity contribution in [3.8, 4) is 5.75 Å². The number of para-hydroxylation sites is 2. The number of sulfonamides is 1. The SMILES string of the molecule is CN(C1=C(CCCn2ccc3ccccc32)C=Cc2ccccc2O1)S(C)(=O)=O. The summed E-state index contributed by atoms with van der Waals surface area (Å²) in [5.74, 6) is 1.02. The first-order valence-corrected chi connectivity index (χ1v) is 11.4. The number of hydrogen-bond donors (Lipinski definition) is 0. The van der Waals surface area contributed by atoms with Gasteiger partial charge in [-0.1, -0.05) is 48.6 Å². The van der Waals surface area contributed by atoms with Gasteiger partial charge in [0.15, 0.2) is 0 Å². The van der Waals surface area contributed by atoms with Gasteiger partial charge in [0.1, 0.15) is 5.75 Å². The highest BCUT2D eigenvalue weighted by molar-refractivity contribution is 7.88. The minimum Gasteiger partial charge on any atom is -0.439 e. The second-order valence-corrected chi connectivity index (χ2v) is 9.22. The summed E-state index contributed by atoms with van der Waals surface area (Å²) in [5.41, 5.74) is 3.00. The van der Waals surface area contributed by atoms with Gasteiger partial charge >= 0.3 is 0 Å². The Kier molecular flexibility index (Phi) is 5.20. The molecule has 0 saturated carbocycles. The van der Waals surface area contributed by atoms with Crippen LogP contribution < -0.4 is 4.74 Å². The third-order valence-electron chi connectivity index (χ3n) is 5.17. The second kappa shape index (κ2) is 7.79. The molecule has 3 aromatic rings. The molecule has 5 nitrogen and oxygen atoms in total. The summed E-state index contributed by atoms with van der Waals surface area (Å²) in [6.45, 7) is 0.841. The third kappa shape index (κ3) is 4.07. The van der Waals surface area contributed by atoms with Crippen molar-refractivity contribution in [2.24, 2.45) is 0 Å². The van der Waals surface area contributed by atoms with Gasteiger partial charge in [0.2, 0.25) is 15.9 Å². The third-order valence-corrected chi connectivity index (χ3v) is 6.33. The molecule has 2 heterocycles. The van der Waals surface area contributed by atoms with Crippen molar-refractivity contribution in [2.45, 2.75) is 19.4 Å². The van der Waals surface area contributed by atoms with E-state index >= 15 is 0 Å². The van der Waals surface area contributed by atoms with Gasteiger partial charge < -0.3 is 9.30 Å². The van der Waals surface area contributed by atoms with E-state index in [1.165, 1.54) is 28.5 Å². The number of fused-ring (bicyclic) bond motifs is 2. The van der Waals surface area contributed by atoms with Crippen LogP contribution in [0, 0.1) is 0 Å². The lowest BCUT2D eigenvalue weighted by molar-refractivity contribution is 0.316. The van der Waals surface area contributed by atoms with Crippen molar-refractivity contribution in [3.05, 3.63) is 83.9 Å². The number of rotatable bonds is 6. The zero-order chi connectivity index (χ0) is 20.4. The van der Waals surface area contributed by atoms with Crippen molar-refractivity contribution in [1.82, 2.24) is 8.87 Å². The lowest BCUT2D eigenvalue weighted by Gasteiger charge is -2.22. The van der Waals surface area contributed by atoms with Crippen LogP contribution in [0.4, 0.5) is 0 Å². The normalized spacial score (nSPS) is 13.9. The molecular weight excluding hydrogens is 384 g/mol. The lowest BCUT2D eigenvalue weighted by Crippen LogP contribution is -2.29.